The van der Waals surface area contributed by atoms with Crippen molar-refractivity contribution in [1.82, 2.24) is 9.72 Å². The molecular formula is C21H22N2O4. The molecule has 0 spiro atoms. The largest absolute Gasteiger partial charge is 0.497 e. The van der Waals surface area contributed by atoms with Gasteiger partial charge in [0.05, 0.1) is 25.6 Å². The number of rotatable bonds is 5. The molecule has 0 amide bonds. The van der Waals surface area contributed by atoms with Crippen LogP contribution < -0.4 is 4.74 Å². The second-order valence-electron chi connectivity index (χ2n) is 6.60. The van der Waals surface area contributed by atoms with Gasteiger partial charge in [0, 0.05) is 12.1 Å². The first kappa shape index (κ1) is 17.4. The van der Waals surface area contributed by atoms with Gasteiger partial charge >= 0.3 is 5.97 Å². The number of aromatic nitrogens is 2. The Morgan fingerprint density at radius 2 is 2.11 bits per heavy atom. The number of hydrogen-bond acceptors (Lipinski definition) is 5. The molecule has 2 aromatic heterocycles. The van der Waals surface area contributed by atoms with Crippen molar-refractivity contribution in [2.24, 2.45) is 0 Å². The quantitative estimate of drug-likeness (QED) is 0.642. The third-order valence-electron chi connectivity index (χ3n) is 4.89. The van der Waals surface area contributed by atoms with Crippen LogP contribution in [-0.2, 0) is 24.1 Å². The summed E-state index contributed by atoms with van der Waals surface area (Å²) in [6.45, 7) is 2.66. The molecule has 1 aromatic carbocycles. The van der Waals surface area contributed by atoms with Crippen molar-refractivity contribution in [1.29, 1.82) is 0 Å². The Bertz CT molecular complexity index is 970. The highest BCUT2D eigenvalue weighted by Crippen LogP contribution is 2.36. The van der Waals surface area contributed by atoms with Crippen LogP contribution in [0.1, 0.15) is 40.5 Å². The summed E-state index contributed by atoms with van der Waals surface area (Å²) in [5.74, 6) is 1.21. The van der Waals surface area contributed by atoms with Gasteiger partial charge in [0.2, 0.25) is 0 Å². The van der Waals surface area contributed by atoms with Crippen LogP contribution in [0.2, 0.25) is 0 Å². The molecule has 6 heteroatoms. The van der Waals surface area contributed by atoms with E-state index in [1.807, 2.05) is 41.8 Å². The molecule has 0 saturated carbocycles. The van der Waals surface area contributed by atoms with Crippen molar-refractivity contribution >= 4 is 5.97 Å². The highest BCUT2D eigenvalue weighted by atomic mass is 16.5. The zero-order chi connectivity index (χ0) is 18.8. The highest BCUT2D eigenvalue weighted by molar-refractivity contribution is 5.90. The molecular weight excluding hydrogens is 344 g/mol. The van der Waals surface area contributed by atoms with E-state index in [2.05, 4.69) is 5.16 Å². The third-order valence-corrected chi connectivity index (χ3v) is 4.89. The summed E-state index contributed by atoms with van der Waals surface area (Å²) >= 11 is 0. The molecule has 0 saturated heterocycles. The minimum Gasteiger partial charge on any atom is -0.497 e. The number of nitrogens with zero attached hydrogens (tertiary/aromatic N) is 2. The normalized spacial score (nSPS) is 12.8. The number of fused-ring (bicyclic) bond motifs is 3. The number of carbonyl (C=O) groups is 1. The van der Waals surface area contributed by atoms with Gasteiger partial charge in [-0.2, -0.15) is 0 Å². The van der Waals surface area contributed by atoms with Crippen LogP contribution in [0.4, 0.5) is 0 Å². The molecule has 27 heavy (non-hydrogen) atoms. The Labute approximate surface area is 157 Å². The maximum atomic E-state index is 12.6. The molecule has 1 aliphatic carbocycles. The molecule has 6 nitrogen and oxygen atoms in total. The monoisotopic (exact) mass is 366 g/mol. The fourth-order valence-corrected chi connectivity index (χ4v) is 3.66. The number of methoxy groups -OCH3 is 1. The van der Waals surface area contributed by atoms with Crippen molar-refractivity contribution in [2.75, 3.05) is 13.7 Å². The summed E-state index contributed by atoms with van der Waals surface area (Å²) < 4.78 is 18.2. The molecule has 0 unspecified atom stereocenters. The molecule has 140 valence electrons. The summed E-state index contributed by atoms with van der Waals surface area (Å²) in [5.41, 5.74) is 4.66. The Hall–Kier alpha value is -3.02. The first-order valence-corrected chi connectivity index (χ1v) is 9.17. The lowest BCUT2D eigenvalue weighted by atomic mass is 10.1. The van der Waals surface area contributed by atoms with Gasteiger partial charge in [-0.1, -0.05) is 17.3 Å². The van der Waals surface area contributed by atoms with Crippen LogP contribution in [-0.4, -0.2) is 29.4 Å². The van der Waals surface area contributed by atoms with Crippen molar-refractivity contribution in [3.8, 4) is 17.2 Å². The van der Waals surface area contributed by atoms with Crippen LogP contribution in [0.25, 0.3) is 11.5 Å². The second kappa shape index (κ2) is 7.31. The highest BCUT2D eigenvalue weighted by Gasteiger charge is 2.28. The van der Waals surface area contributed by atoms with Gasteiger partial charge in [-0.3, -0.25) is 0 Å². The Kier molecular flexibility index (Phi) is 4.71. The lowest BCUT2D eigenvalue weighted by Crippen LogP contribution is -2.14. The predicted octanol–water partition coefficient (Wildman–Crippen LogP) is 3.87. The number of hydrogen-bond donors (Lipinski definition) is 0. The van der Waals surface area contributed by atoms with Crippen molar-refractivity contribution in [3.05, 3.63) is 58.9 Å². The summed E-state index contributed by atoms with van der Waals surface area (Å²) in [5, 5.41) is 3.99. The fourth-order valence-electron chi connectivity index (χ4n) is 3.66. The average Bonchev–Trinajstić information content (AvgIpc) is 3.23. The third kappa shape index (κ3) is 3.23. The minimum atomic E-state index is -0.325. The van der Waals surface area contributed by atoms with Gasteiger partial charge in [-0.15, -0.1) is 0 Å². The van der Waals surface area contributed by atoms with E-state index in [0.29, 0.717) is 18.8 Å². The van der Waals surface area contributed by atoms with Crippen LogP contribution in [0, 0.1) is 0 Å². The molecule has 1 aliphatic rings. The zero-order valence-electron chi connectivity index (χ0n) is 15.5. The number of aryl methyl sites for hydroxylation is 2. The van der Waals surface area contributed by atoms with Crippen molar-refractivity contribution < 1.29 is 18.8 Å². The van der Waals surface area contributed by atoms with Gasteiger partial charge in [-0.25, -0.2) is 4.79 Å². The lowest BCUT2D eigenvalue weighted by molar-refractivity contribution is 0.0514. The Morgan fingerprint density at radius 3 is 2.93 bits per heavy atom. The second-order valence-corrected chi connectivity index (χ2v) is 6.60. The molecule has 3 aromatic rings. The Balaban J connectivity index is 1.85. The molecule has 0 fully saturated rings. The molecule has 2 heterocycles. The molecule has 0 radical (unpaired) electrons. The summed E-state index contributed by atoms with van der Waals surface area (Å²) in [6, 6.07) is 9.77. The Morgan fingerprint density at radius 1 is 1.26 bits per heavy atom. The number of carbonyl (C=O) groups excluding carboxylic acids is 1. The fraction of sp³-hybridized carbons (Fsp3) is 0.333. The molecule has 4 rings (SSSR count). The standard InChI is InChI=1S/C21H22N2O4/c1-3-26-21(24)18-11-15-7-5-8-16-12-22-27-20(16)19(15)23(18)13-14-6-4-9-17(10-14)25-2/h4,6,9-12H,3,5,7-8,13H2,1-2H3. The average molecular weight is 366 g/mol. The SMILES string of the molecule is CCOC(=O)c1cc2c(n1Cc1cccc(OC)c1)-c1oncc1CCC2. The van der Waals surface area contributed by atoms with E-state index in [-0.39, 0.29) is 5.97 Å². The summed E-state index contributed by atoms with van der Waals surface area (Å²) in [4.78, 5) is 12.6. The van der Waals surface area contributed by atoms with E-state index in [4.69, 9.17) is 14.0 Å². The summed E-state index contributed by atoms with van der Waals surface area (Å²) in [6.07, 6.45) is 4.57. The zero-order valence-corrected chi connectivity index (χ0v) is 15.5. The van der Waals surface area contributed by atoms with Crippen LogP contribution >= 0.6 is 0 Å². The maximum Gasteiger partial charge on any atom is 0.354 e. The minimum absolute atomic E-state index is 0.325. The van der Waals surface area contributed by atoms with E-state index in [1.54, 1.807) is 13.3 Å². The molecule has 0 bridgehead atoms. The smallest absolute Gasteiger partial charge is 0.354 e. The van der Waals surface area contributed by atoms with Crippen molar-refractivity contribution in [2.45, 2.75) is 32.7 Å². The van der Waals surface area contributed by atoms with Crippen LogP contribution in [0.5, 0.6) is 5.75 Å². The van der Waals surface area contributed by atoms with E-state index in [9.17, 15) is 4.79 Å². The van der Waals surface area contributed by atoms with Gasteiger partial charge in [-0.05, 0) is 55.5 Å². The van der Waals surface area contributed by atoms with E-state index in [1.165, 1.54) is 0 Å². The van der Waals surface area contributed by atoms with Crippen molar-refractivity contribution in [3.63, 3.8) is 0 Å². The topological polar surface area (TPSA) is 66.5 Å². The van der Waals surface area contributed by atoms with Gasteiger partial charge in [0.15, 0.2) is 5.76 Å². The number of esters is 1. The lowest BCUT2D eigenvalue weighted by Gasteiger charge is -2.13. The maximum absolute atomic E-state index is 12.6. The van der Waals surface area contributed by atoms with E-state index in [0.717, 1.165) is 53.2 Å². The molecule has 0 atom stereocenters. The van der Waals surface area contributed by atoms with Gasteiger partial charge in [0.25, 0.3) is 0 Å². The molecule has 0 aliphatic heterocycles. The first-order valence-electron chi connectivity index (χ1n) is 9.17. The van der Waals surface area contributed by atoms with Crippen LogP contribution in [0.15, 0.2) is 41.1 Å². The molecule has 0 N–H and O–H groups in total. The number of ether oxygens (including phenoxy) is 2. The van der Waals surface area contributed by atoms with E-state index >= 15 is 0 Å². The number of benzene rings is 1. The summed E-state index contributed by atoms with van der Waals surface area (Å²) in [7, 11) is 1.64. The van der Waals surface area contributed by atoms with E-state index < -0.39 is 0 Å². The first-order chi connectivity index (χ1) is 13.2. The van der Waals surface area contributed by atoms with Gasteiger partial charge < -0.3 is 18.6 Å². The van der Waals surface area contributed by atoms with Crippen LogP contribution in [0.3, 0.4) is 0 Å². The predicted molar refractivity (Wildman–Crippen MR) is 100 cm³/mol. The van der Waals surface area contributed by atoms with Gasteiger partial charge in [0.1, 0.15) is 11.4 Å².